The van der Waals surface area contributed by atoms with E-state index in [1.807, 2.05) is 60.3 Å². The van der Waals surface area contributed by atoms with E-state index in [9.17, 15) is 9.59 Å². The maximum Gasteiger partial charge on any atom is 0.324 e. The van der Waals surface area contributed by atoms with Crippen LogP contribution in [0.3, 0.4) is 0 Å². The molecule has 0 N–H and O–H groups in total. The lowest BCUT2D eigenvalue weighted by atomic mass is 10.1. The van der Waals surface area contributed by atoms with Crippen LogP contribution in [0, 0.1) is 0 Å². The first-order valence-corrected chi connectivity index (χ1v) is 15.4. The fourth-order valence-corrected chi connectivity index (χ4v) is 5.63. The molecule has 236 valence electrons. The lowest BCUT2D eigenvalue weighted by Crippen LogP contribution is -2.49. The van der Waals surface area contributed by atoms with Crippen LogP contribution in [0.25, 0.3) is 0 Å². The number of carbonyl (C=O) groups is 2. The van der Waals surface area contributed by atoms with Gasteiger partial charge in [0.25, 0.3) is 0 Å². The van der Waals surface area contributed by atoms with Gasteiger partial charge in [-0.3, -0.25) is 9.69 Å². The van der Waals surface area contributed by atoms with Gasteiger partial charge in [0, 0.05) is 50.0 Å². The molecular weight excluding hydrogens is 548 g/mol. The zero-order chi connectivity index (χ0) is 30.8. The number of amides is 3. The maximum atomic E-state index is 13.7. The normalized spacial score (nSPS) is 17.4. The number of anilines is 1. The van der Waals surface area contributed by atoms with Gasteiger partial charge in [-0.2, -0.15) is 0 Å². The molecule has 0 aromatic heterocycles. The summed E-state index contributed by atoms with van der Waals surface area (Å²) in [6.45, 7) is 7.01. The van der Waals surface area contributed by atoms with Crippen LogP contribution in [0.2, 0.25) is 0 Å². The summed E-state index contributed by atoms with van der Waals surface area (Å²) in [6, 6.07) is 11.5. The number of rotatable bonds is 14. The molecule has 2 heterocycles. The molecule has 3 amide bonds. The second-order valence-electron chi connectivity index (χ2n) is 11.5. The van der Waals surface area contributed by atoms with E-state index in [1.54, 1.807) is 19.1 Å². The molecule has 2 aromatic carbocycles. The molecule has 2 aliphatic rings. The predicted molar refractivity (Wildman–Crippen MR) is 167 cm³/mol. The van der Waals surface area contributed by atoms with Crippen molar-refractivity contribution in [2.75, 3.05) is 79.2 Å². The van der Waals surface area contributed by atoms with Gasteiger partial charge in [0.15, 0.2) is 11.5 Å². The van der Waals surface area contributed by atoms with Crippen molar-refractivity contribution in [3.63, 3.8) is 0 Å². The summed E-state index contributed by atoms with van der Waals surface area (Å²) >= 11 is 0. The van der Waals surface area contributed by atoms with Gasteiger partial charge in [-0.05, 0) is 50.7 Å². The second-order valence-corrected chi connectivity index (χ2v) is 11.5. The number of carbonyl (C=O) groups excluding carboxylic acids is 2. The minimum Gasteiger partial charge on any atom is -0.496 e. The number of likely N-dealkylation sites (N-methyl/N-ethyl adjacent to an activating group) is 1. The minimum absolute atomic E-state index is 0.0223. The third kappa shape index (κ3) is 8.76. The zero-order valence-electron chi connectivity index (χ0n) is 26.5. The lowest BCUT2D eigenvalue weighted by Gasteiger charge is -2.36. The van der Waals surface area contributed by atoms with E-state index in [-0.39, 0.29) is 18.0 Å². The Morgan fingerprint density at radius 3 is 2.56 bits per heavy atom. The molecule has 0 saturated carbocycles. The maximum absolute atomic E-state index is 13.7. The largest absolute Gasteiger partial charge is 0.496 e. The Hall–Kier alpha value is -3.50. The highest BCUT2D eigenvalue weighted by Crippen LogP contribution is 2.34. The molecule has 10 nitrogen and oxygen atoms in total. The molecule has 0 aliphatic carbocycles. The van der Waals surface area contributed by atoms with Crippen LogP contribution >= 0.6 is 0 Å². The zero-order valence-corrected chi connectivity index (χ0v) is 26.5. The highest BCUT2D eigenvalue weighted by atomic mass is 16.5. The monoisotopic (exact) mass is 596 g/mol. The Balaban J connectivity index is 1.41. The SMILES string of the molecule is CCCCCOc1cc(N2CCCN(Cc3ccc(CC(=O)N4CCOC(CN(C)C)C4)cc3OC)C2=O)ccc1OC. The van der Waals surface area contributed by atoms with Gasteiger partial charge in [0.2, 0.25) is 5.91 Å². The van der Waals surface area contributed by atoms with Crippen molar-refractivity contribution >= 4 is 17.6 Å². The third-order valence-electron chi connectivity index (χ3n) is 7.90. The van der Waals surface area contributed by atoms with Crippen molar-refractivity contribution in [1.29, 1.82) is 0 Å². The van der Waals surface area contributed by atoms with Gasteiger partial charge in [-0.15, -0.1) is 0 Å². The van der Waals surface area contributed by atoms with Crippen molar-refractivity contribution in [2.24, 2.45) is 0 Å². The molecule has 1 unspecified atom stereocenters. The molecule has 2 aliphatic heterocycles. The molecule has 2 aromatic rings. The smallest absolute Gasteiger partial charge is 0.324 e. The van der Waals surface area contributed by atoms with E-state index in [2.05, 4.69) is 11.8 Å². The Morgan fingerprint density at radius 1 is 1.00 bits per heavy atom. The third-order valence-corrected chi connectivity index (χ3v) is 7.90. The molecule has 0 radical (unpaired) electrons. The van der Waals surface area contributed by atoms with E-state index < -0.39 is 0 Å². The number of ether oxygens (including phenoxy) is 4. The van der Waals surface area contributed by atoms with E-state index in [0.717, 1.165) is 49.0 Å². The predicted octanol–water partition coefficient (Wildman–Crippen LogP) is 4.44. The van der Waals surface area contributed by atoms with Crippen molar-refractivity contribution in [3.05, 3.63) is 47.5 Å². The summed E-state index contributed by atoms with van der Waals surface area (Å²) in [7, 11) is 7.27. The highest BCUT2D eigenvalue weighted by molar-refractivity contribution is 5.93. The van der Waals surface area contributed by atoms with Crippen molar-refractivity contribution in [1.82, 2.24) is 14.7 Å². The van der Waals surface area contributed by atoms with Crippen LogP contribution in [0.5, 0.6) is 17.2 Å². The molecule has 43 heavy (non-hydrogen) atoms. The average molecular weight is 597 g/mol. The number of urea groups is 1. The number of benzene rings is 2. The van der Waals surface area contributed by atoms with Crippen LogP contribution in [0.15, 0.2) is 36.4 Å². The van der Waals surface area contributed by atoms with E-state index >= 15 is 0 Å². The van der Waals surface area contributed by atoms with E-state index in [4.69, 9.17) is 18.9 Å². The summed E-state index contributed by atoms with van der Waals surface area (Å²) in [4.78, 5) is 34.4. The number of morpholine rings is 1. The van der Waals surface area contributed by atoms with Crippen LogP contribution in [0.1, 0.15) is 43.7 Å². The van der Waals surface area contributed by atoms with Gasteiger partial charge in [-0.1, -0.05) is 31.9 Å². The topological polar surface area (TPSA) is 84.0 Å². The molecule has 2 saturated heterocycles. The number of unbranched alkanes of at least 4 members (excludes halogenated alkanes) is 2. The Morgan fingerprint density at radius 2 is 1.81 bits per heavy atom. The van der Waals surface area contributed by atoms with Gasteiger partial charge >= 0.3 is 6.03 Å². The summed E-state index contributed by atoms with van der Waals surface area (Å²) in [5, 5.41) is 0. The van der Waals surface area contributed by atoms with Crippen molar-refractivity contribution < 1.29 is 28.5 Å². The Kier molecular flexibility index (Phi) is 11.9. The van der Waals surface area contributed by atoms with Gasteiger partial charge < -0.3 is 33.6 Å². The molecule has 10 heteroatoms. The first-order chi connectivity index (χ1) is 20.8. The van der Waals surface area contributed by atoms with Crippen LogP contribution < -0.4 is 19.1 Å². The molecule has 2 fully saturated rings. The number of hydrogen-bond donors (Lipinski definition) is 0. The van der Waals surface area contributed by atoms with E-state index in [0.29, 0.717) is 69.6 Å². The molecule has 0 bridgehead atoms. The summed E-state index contributed by atoms with van der Waals surface area (Å²) in [5.74, 6) is 2.07. The van der Waals surface area contributed by atoms with Crippen molar-refractivity contribution in [3.8, 4) is 17.2 Å². The number of nitrogens with zero attached hydrogens (tertiary/aromatic N) is 4. The summed E-state index contributed by atoms with van der Waals surface area (Å²) in [5.41, 5.74) is 2.58. The van der Waals surface area contributed by atoms with Crippen LogP contribution in [-0.2, 0) is 22.5 Å². The standard InChI is InChI=1S/C33H48N4O6/c1-6-7-8-17-43-31-21-27(12-13-29(31)40-4)37-15-9-14-36(33(37)39)22-26-11-10-25(19-30(26)41-5)20-32(38)35-16-18-42-28(24-35)23-34(2)3/h10-13,19,21,28H,6-9,14-18,20,22-24H2,1-5H3. The van der Waals surface area contributed by atoms with Gasteiger partial charge in [0.05, 0.1) is 46.5 Å². The van der Waals surface area contributed by atoms with Crippen molar-refractivity contribution in [2.45, 2.75) is 51.7 Å². The van der Waals surface area contributed by atoms with Gasteiger partial charge in [-0.25, -0.2) is 4.79 Å². The molecule has 4 rings (SSSR count). The number of hydrogen-bond acceptors (Lipinski definition) is 7. The average Bonchev–Trinajstić information content (AvgIpc) is 3.00. The van der Waals surface area contributed by atoms with Gasteiger partial charge in [0.1, 0.15) is 5.75 Å². The second kappa shape index (κ2) is 15.8. The minimum atomic E-state index is -0.0609. The summed E-state index contributed by atoms with van der Waals surface area (Å²) in [6.07, 6.45) is 4.36. The number of methoxy groups -OCH3 is 2. The first-order valence-electron chi connectivity index (χ1n) is 15.4. The molecular formula is C33H48N4O6. The Labute approximate surface area is 256 Å². The van der Waals surface area contributed by atoms with E-state index in [1.165, 1.54) is 0 Å². The first kappa shape index (κ1) is 32.4. The van der Waals surface area contributed by atoms with Crippen LogP contribution in [0.4, 0.5) is 10.5 Å². The fraction of sp³-hybridized carbons (Fsp3) is 0.576. The Bertz CT molecular complexity index is 1220. The van der Waals surface area contributed by atoms with Crippen LogP contribution in [-0.4, -0.2) is 107 Å². The fourth-order valence-electron chi connectivity index (χ4n) is 5.63. The molecule has 0 spiro atoms. The lowest BCUT2D eigenvalue weighted by molar-refractivity contribution is -0.138. The highest BCUT2D eigenvalue weighted by Gasteiger charge is 2.29. The quantitative estimate of drug-likeness (QED) is 0.298. The molecule has 1 atom stereocenters. The summed E-state index contributed by atoms with van der Waals surface area (Å²) < 4.78 is 23.1.